The first-order valence-corrected chi connectivity index (χ1v) is 6.06. The average molecular weight is 261 g/mol. The lowest BCUT2D eigenvalue weighted by molar-refractivity contribution is -0.101. The highest BCUT2D eigenvalue weighted by atomic mass is 35.5. The quantitative estimate of drug-likeness (QED) is 0.839. The van der Waals surface area contributed by atoms with Crippen molar-refractivity contribution < 1.29 is 9.84 Å². The molecule has 0 aromatic heterocycles. The lowest BCUT2D eigenvalue weighted by Crippen LogP contribution is -2.37. The van der Waals surface area contributed by atoms with Gasteiger partial charge in [0.05, 0.1) is 28.4 Å². The topological polar surface area (TPSA) is 29.5 Å². The molecule has 1 aromatic rings. The molecular weight excluding hydrogens is 247 g/mol. The highest BCUT2D eigenvalue weighted by Gasteiger charge is 2.35. The van der Waals surface area contributed by atoms with Crippen molar-refractivity contribution in [2.45, 2.75) is 31.5 Å². The highest BCUT2D eigenvalue weighted by Crippen LogP contribution is 2.36. The van der Waals surface area contributed by atoms with Crippen LogP contribution in [0.3, 0.4) is 0 Å². The van der Waals surface area contributed by atoms with Gasteiger partial charge in [0.2, 0.25) is 0 Å². The van der Waals surface area contributed by atoms with Crippen molar-refractivity contribution in [2.24, 2.45) is 0 Å². The Kier molecular flexibility index (Phi) is 3.45. The van der Waals surface area contributed by atoms with Crippen LogP contribution in [0.1, 0.15) is 25.3 Å². The van der Waals surface area contributed by atoms with Crippen LogP contribution < -0.4 is 0 Å². The third-order valence-electron chi connectivity index (χ3n) is 3.00. The van der Waals surface area contributed by atoms with Gasteiger partial charge >= 0.3 is 0 Å². The molecule has 0 amide bonds. The van der Waals surface area contributed by atoms with Gasteiger partial charge in [-0.25, -0.2) is 0 Å². The summed E-state index contributed by atoms with van der Waals surface area (Å²) in [6.45, 7) is 2.53. The van der Waals surface area contributed by atoms with Crippen molar-refractivity contribution in [3.05, 3.63) is 33.8 Å². The Labute approximate surface area is 105 Å². The molecule has 0 saturated carbocycles. The van der Waals surface area contributed by atoms with E-state index < -0.39 is 5.60 Å². The van der Waals surface area contributed by atoms with Gasteiger partial charge in [-0.1, -0.05) is 29.3 Å². The van der Waals surface area contributed by atoms with Gasteiger partial charge in [0.1, 0.15) is 0 Å². The third kappa shape index (κ3) is 2.35. The van der Waals surface area contributed by atoms with Gasteiger partial charge in [-0.2, -0.15) is 0 Å². The molecule has 1 saturated heterocycles. The lowest BCUT2D eigenvalue weighted by atomic mass is 9.84. The van der Waals surface area contributed by atoms with Gasteiger partial charge in [-0.15, -0.1) is 0 Å². The first kappa shape index (κ1) is 12.2. The van der Waals surface area contributed by atoms with Crippen LogP contribution in [0.25, 0.3) is 0 Å². The van der Waals surface area contributed by atoms with Gasteiger partial charge < -0.3 is 9.84 Å². The maximum absolute atomic E-state index is 10.5. The monoisotopic (exact) mass is 260 g/mol. The summed E-state index contributed by atoms with van der Waals surface area (Å²) in [7, 11) is 0. The van der Waals surface area contributed by atoms with E-state index in [1.807, 2.05) is 13.0 Å². The number of hydrogen-bond donors (Lipinski definition) is 1. The van der Waals surface area contributed by atoms with E-state index in [1.165, 1.54) is 0 Å². The van der Waals surface area contributed by atoms with E-state index in [2.05, 4.69) is 0 Å². The Hall–Kier alpha value is -0.280. The molecule has 0 aliphatic carbocycles. The molecule has 2 rings (SSSR count). The first-order valence-electron chi connectivity index (χ1n) is 5.31. The fraction of sp³-hybridized carbons (Fsp3) is 0.500. The lowest BCUT2D eigenvalue weighted by Gasteiger charge is -2.36. The second kappa shape index (κ2) is 4.53. The van der Waals surface area contributed by atoms with Gasteiger partial charge in [0, 0.05) is 12.8 Å². The fourth-order valence-corrected chi connectivity index (χ4v) is 2.41. The predicted octanol–water partition coefficient (Wildman–Crippen LogP) is 3.38. The van der Waals surface area contributed by atoms with Crippen LogP contribution in [0.2, 0.25) is 10.0 Å². The van der Waals surface area contributed by atoms with Crippen LogP contribution in [0.4, 0.5) is 0 Å². The van der Waals surface area contributed by atoms with Gasteiger partial charge in [-0.05, 0) is 24.6 Å². The molecule has 0 spiro atoms. The van der Waals surface area contributed by atoms with E-state index >= 15 is 0 Å². The molecule has 4 heteroatoms. The van der Waals surface area contributed by atoms with Gasteiger partial charge in [0.25, 0.3) is 0 Å². The highest BCUT2D eigenvalue weighted by molar-refractivity contribution is 6.42. The molecule has 16 heavy (non-hydrogen) atoms. The molecule has 1 aliphatic heterocycles. The maximum atomic E-state index is 10.5. The molecule has 0 radical (unpaired) electrons. The Bertz CT molecular complexity index is 395. The number of halogens is 2. The van der Waals surface area contributed by atoms with E-state index in [4.69, 9.17) is 27.9 Å². The summed E-state index contributed by atoms with van der Waals surface area (Å²) < 4.78 is 5.43. The minimum atomic E-state index is -0.841. The van der Waals surface area contributed by atoms with Crippen LogP contribution in [0, 0.1) is 0 Å². The summed E-state index contributed by atoms with van der Waals surface area (Å²) in [5.41, 5.74) is -0.0247. The molecule has 1 heterocycles. The molecule has 1 aliphatic rings. The van der Waals surface area contributed by atoms with E-state index in [1.54, 1.807) is 12.1 Å². The summed E-state index contributed by atoms with van der Waals surface area (Å²) in [5.74, 6) is 0. The van der Waals surface area contributed by atoms with Crippen LogP contribution in [-0.4, -0.2) is 17.8 Å². The van der Waals surface area contributed by atoms with Crippen LogP contribution in [0.5, 0.6) is 0 Å². The Morgan fingerprint density at radius 3 is 2.75 bits per heavy atom. The largest absolute Gasteiger partial charge is 0.385 e. The molecule has 2 atom stereocenters. The van der Waals surface area contributed by atoms with Crippen molar-refractivity contribution in [3.8, 4) is 0 Å². The van der Waals surface area contributed by atoms with Crippen molar-refractivity contribution in [1.82, 2.24) is 0 Å². The van der Waals surface area contributed by atoms with Gasteiger partial charge in [0.15, 0.2) is 0 Å². The average Bonchev–Trinajstić information content (AvgIpc) is 2.21. The molecule has 0 bridgehead atoms. The summed E-state index contributed by atoms with van der Waals surface area (Å²) in [6, 6.07) is 5.28. The van der Waals surface area contributed by atoms with Gasteiger partial charge in [-0.3, -0.25) is 0 Å². The second-order valence-corrected chi connectivity index (χ2v) is 5.11. The number of ether oxygens (including phenoxy) is 1. The SMILES string of the molecule is CC1CC(O)(c2ccc(Cl)c(Cl)c2)CCO1. The zero-order valence-corrected chi connectivity index (χ0v) is 10.6. The van der Waals surface area contributed by atoms with E-state index in [0.29, 0.717) is 29.5 Å². The summed E-state index contributed by atoms with van der Waals surface area (Å²) in [5, 5.41) is 11.5. The van der Waals surface area contributed by atoms with E-state index in [9.17, 15) is 5.11 Å². The number of hydrogen-bond acceptors (Lipinski definition) is 2. The standard InChI is InChI=1S/C12H14Cl2O2/c1-8-7-12(15,4-5-16-8)9-2-3-10(13)11(14)6-9/h2-3,6,8,15H,4-5,7H2,1H3. The number of aliphatic hydroxyl groups is 1. The molecule has 1 N–H and O–H groups in total. The molecule has 1 aromatic carbocycles. The van der Waals surface area contributed by atoms with E-state index in [-0.39, 0.29) is 6.10 Å². The van der Waals surface area contributed by atoms with Crippen LogP contribution >= 0.6 is 23.2 Å². The normalized spacial score (nSPS) is 30.4. The Morgan fingerprint density at radius 1 is 1.38 bits per heavy atom. The summed E-state index contributed by atoms with van der Waals surface area (Å²) in [6.07, 6.45) is 1.24. The third-order valence-corrected chi connectivity index (χ3v) is 3.74. The maximum Gasteiger partial charge on any atom is 0.0943 e. The van der Waals surface area contributed by atoms with E-state index in [0.717, 1.165) is 5.56 Å². The van der Waals surface area contributed by atoms with Crippen LogP contribution in [-0.2, 0) is 10.3 Å². The molecule has 88 valence electrons. The minimum Gasteiger partial charge on any atom is -0.385 e. The minimum absolute atomic E-state index is 0.0632. The second-order valence-electron chi connectivity index (χ2n) is 4.30. The smallest absolute Gasteiger partial charge is 0.0943 e. The number of benzene rings is 1. The van der Waals surface area contributed by atoms with Crippen molar-refractivity contribution in [3.63, 3.8) is 0 Å². The molecule has 1 fully saturated rings. The summed E-state index contributed by atoms with van der Waals surface area (Å²) in [4.78, 5) is 0. The molecule has 2 nitrogen and oxygen atoms in total. The summed E-state index contributed by atoms with van der Waals surface area (Å²) >= 11 is 11.8. The first-order chi connectivity index (χ1) is 7.51. The zero-order chi connectivity index (χ0) is 11.8. The fourth-order valence-electron chi connectivity index (χ4n) is 2.11. The van der Waals surface area contributed by atoms with Crippen molar-refractivity contribution >= 4 is 23.2 Å². The molecular formula is C12H14Cl2O2. The predicted molar refractivity (Wildman–Crippen MR) is 65.0 cm³/mol. The Morgan fingerprint density at radius 2 is 2.12 bits per heavy atom. The molecule has 2 unspecified atom stereocenters. The van der Waals surface area contributed by atoms with Crippen LogP contribution in [0.15, 0.2) is 18.2 Å². The zero-order valence-electron chi connectivity index (χ0n) is 9.04. The number of rotatable bonds is 1. The van der Waals surface area contributed by atoms with Crippen molar-refractivity contribution in [1.29, 1.82) is 0 Å². The Balaban J connectivity index is 2.31. The van der Waals surface area contributed by atoms with Crippen molar-refractivity contribution in [2.75, 3.05) is 6.61 Å².